The highest BCUT2D eigenvalue weighted by Crippen LogP contribution is 2.31. The van der Waals surface area contributed by atoms with Crippen LogP contribution in [0.4, 0.5) is 14.5 Å². The molecule has 0 saturated carbocycles. The normalized spacial score (nSPS) is 21.8. The van der Waals surface area contributed by atoms with E-state index in [2.05, 4.69) is 10.1 Å². The number of anilines is 1. The van der Waals surface area contributed by atoms with Crippen LogP contribution in [0.1, 0.15) is 12.0 Å². The van der Waals surface area contributed by atoms with Gasteiger partial charge in [-0.15, -0.1) is 0 Å². The summed E-state index contributed by atoms with van der Waals surface area (Å²) < 4.78 is 30.5. The van der Waals surface area contributed by atoms with Gasteiger partial charge in [0.15, 0.2) is 0 Å². The highest BCUT2D eigenvalue weighted by atomic mass is 35.5. The Balaban J connectivity index is 1.97. The zero-order valence-corrected chi connectivity index (χ0v) is 10.4. The van der Waals surface area contributed by atoms with Gasteiger partial charge in [0.2, 0.25) is 0 Å². The van der Waals surface area contributed by atoms with E-state index in [0.29, 0.717) is 5.02 Å². The number of nitrogens with one attached hydrogen (secondary N) is 1. The molecule has 1 heterocycles. The Kier molecular flexibility index (Phi) is 3.43. The zero-order chi connectivity index (χ0) is 13.3. The second-order valence-corrected chi connectivity index (χ2v) is 4.64. The van der Waals surface area contributed by atoms with Crippen molar-refractivity contribution in [3.63, 3.8) is 0 Å². The molecule has 3 nitrogen and oxygen atoms in total. The number of alkyl halides is 2. The second-order valence-electron chi connectivity index (χ2n) is 4.23. The summed E-state index contributed by atoms with van der Waals surface area (Å²) in [7, 11) is 0. The number of carbonyl (C=O) groups excluding carboxylic acids is 1. The first-order valence-electron chi connectivity index (χ1n) is 5.48. The summed E-state index contributed by atoms with van der Waals surface area (Å²) in [5, 5.41) is 3.55. The highest BCUT2D eigenvalue weighted by molar-refractivity contribution is 6.31. The van der Waals surface area contributed by atoms with Crippen LogP contribution >= 0.6 is 11.6 Å². The standard InChI is InChI=1S/C12H12ClF2NO2/c1-7-9(13)3-2-4-10(7)16-6-8-5-12(14,15)11(17)18-8/h2-4,8,16H,5-6H2,1H3. The summed E-state index contributed by atoms with van der Waals surface area (Å²) >= 11 is 5.93. The molecular weight excluding hydrogens is 264 g/mol. The van der Waals surface area contributed by atoms with Gasteiger partial charge < -0.3 is 10.1 Å². The third-order valence-electron chi connectivity index (χ3n) is 2.84. The van der Waals surface area contributed by atoms with E-state index in [9.17, 15) is 13.6 Å². The Morgan fingerprint density at radius 2 is 2.28 bits per heavy atom. The first-order valence-corrected chi connectivity index (χ1v) is 5.86. The Bertz CT molecular complexity index is 479. The van der Waals surface area contributed by atoms with Gasteiger partial charge in [0.25, 0.3) is 0 Å². The van der Waals surface area contributed by atoms with Crippen LogP contribution in [-0.4, -0.2) is 24.5 Å². The Morgan fingerprint density at radius 3 is 2.89 bits per heavy atom. The average Bonchev–Trinajstić information content (AvgIpc) is 2.55. The minimum absolute atomic E-state index is 0.141. The van der Waals surface area contributed by atoms with Gasteiger partial charge in [0, 0.05) is 10.7 Å². The molecule has 1 aromatic rings. The van der Waals surface area contributed by atoms with Gasteiger partial charge in [0.1, 0.15) is 6.10 Å². The van der Waals surface area contributed by atoms with Gasteiger partial charge in [-0.3, -0.25) is 0 Å². The number of cyclic esters (lactones) is 1. The Morgan fingerprint density at radius 1 is 1.56 bits per heavy atom. The van der Waals surface area contributed by atoms with Gasteiger partial charge in [-0.1, -0.05) is 17.7 Å². The molecule has 0 spiro atoms. The molecule has 2 rings (SSSR count). The molecule has 0 amide bonds. The third-order valence-corrected chi connectivity index (χ3v) is 3.25. The number of carbonyl (C=O) groups is 1. The Hall–Kier alpha value is -1.36. The van der Waals surface area contributed by atoms with Crippen molar-refractivity contribution in [3.8, 4) is 0 Å². The van der Waals surface area contributed by atoms with Crippen molar-refractivity contribution in [3.05, 3.63) is 28.8 Å². The number of benzene rings is 1. The molecule has 1 fully saturated rings. The predicted octanol–water partition coefficient (Wildman–Crippen LogP) is 3.01. The fourth-order valence-corrected chi connectivity index (χ4v) is 1.96. The lowest BCUT2D eigenvalue weighted by Crippen LogP contribution is -2.22. The molecule has 0 radical (unpaired) electrons. The van der Waals surface area contributed by atoms with E-state index in [1.165, 1.54) is 0 Å². The number of hydrogen-bond acceptors (Lipinski definition) is 3. The summed E-state index contributed by atoms with van der Waals surface area (Å²) in [6, 6.07) is 5.29. The van der Waals surface area contributed by atoms with Crippen molar-refractivity contribution in [1.82, 2.24) is 0 Å². The molecule has 1 aliphatic heterocycles. The lowest BCUT2D eigenvalue weighted by molar-refractivity contribution is -0.158. The van der Waals surface area contributed by atoms with Crippen LogP contribution in [0.25, 0.3) is 0 Å². The molecule has 1 aromatic carbocycles. The van der Waals surface area contributed by atoms with Gasteiger partial charge >= 0.3 is 11.9 Å². The summed E-state index contributed by atoms with van der Waals surface area (Å²) in [5.74, 6) is -4.81. The molecule has 18 heavy (non-hydrogen) atoms. The lowest BCUT2D eigenvalue weighted by atomic mass is 10.1. The van der Waals surface area contributed by atoms with Crippen LogP contribution in [0.5, 0.6) is 0 Å². The predicted molar refractivity (Wildman–Crippen MR) is 64.1 cm³/mol. The van der Waals surface area contributed by atoms with Crippen LogP contribution in [0, 0.1) is 6.92 Å². The quantitative estimate of drug-likeness (QED) is 0.862. The molecule has 1 aliphatic rings. The maximum absolute atomic E-state index is 12.9. The largest absolute Gasteiger partial charge is 0.456 e. The monoisotopic (exact) mass is 275 g/mol. The van der Waals surface area contributed by atoms with Crippen molar-refractivity contribution >= 4 is 23.3 Å². The molecule has 1 saturated heterocycles. The Labute approximate surface area is 108 Å². The van der Waals surface area contributed by atoms with Gasteiger partial charge in [-0.05, 0) is 24.6 Å². The molecule has 0 aromatic heterocycles. The zero-order valence-electron chi connectivity index (χ0n) is 9.67. The summed E-state index contributed by atoms with van der Waals surface area (Å²) in [6.07, 6.45) is -1.40. The van der Waals surface area contributed by atoms with Crippen LogP contribution in [0.2, 0.25) is 5.02 Å². The SMILES string of the molecule is Cc1c(Cl)cccc1NCC1CC(F)(F)C(=O)O1. The number of hydrogen-bond donors (Lipinski definition) is 1. The summed E-state index contributed by atoms with van der Waals surface area (Å²) in [6.45, 7) is 1.96. The fraction of sp³-hybridized carbons (Fsp3) is 0.417. The number of rotatable bonds is 3. The van der Waals surface area contributed by atoms with E-state index in [-0.39, 0.29) is 6.54 Å². The van der Waals surface area contributed by atoms with Crippen molar-refractivity contribution in [2.75, 3.05) is 11.9 Å². The van der Waals surface area contributed by atoms with Crippen LogP contribution in [0.15, 0.2) is 18.2 Å². The average molecular weight is 276 g/mol. The molecule has 6 heteroatoms. The molecule has 0 bridgehead atoms. The van der Waals surface area contributed by atoms with E-state index < -0.39 is 24.4 Å². The fourth-order valence-electron chi connectivity index (χ4n) is 1.79. The second kappa shape index (κ2) is 4.72. The molecule has 98 valence electrons. The van der Waals surface area contributed by atoms with Crippen LogP contribution in [0.3, 0.4) is 0 Å². The van der Waals surface area contributed by atoms with Crippen LogP contribution < -0.4 is 5.32 Å². The van der Waals surface area contributed by atoms with E-state index in [1.807, 2.05) is 6.92 Å². The molecular formula is C12H12ClF2NO2. The highest BCUT2D eigenvalue weighted by Gasteiger charge is 2.50. The van der Waals surface area contributed by atoms with Crippen molar-refractivity contribution in [2.24, 2.45) is 0 Å². The lowest BCUT2D eigenvalue weighted by Gasteiger charge is -2.13. The van der Waals surface area contributed by atoms with Crippen LogP contribution in [-0.2, 0) is 9.53 Å². The van der Waals surface area contributed by atoms with Crippen molar-refractivity contribution in [1.29, 1.82) is 0 Å². The summed E-state index contributed by atoms with van der Waals surface area (Å²) in [4.78, 5) is 10.8. The number of ether oxygens (including phenoxy) is 1. The molecule has 1 N–H and O–H groups in total. The van der Waals surface area contributed by atoms with Gasteiger partial charge in [-0.25, -0.2) is 4.79 Å². The molecule has 1 atom stereocenters. The van der Waals surface area contributed by atoms with Gasteiger partial charge in [-0.2, -0.15) is 8.78 Å². The molecule has 1 unspecified atom stereocenters. The van der Waals surface area contributed by atoms with Crippen molar-refractivity contribution in [2.45, 2.75) is 25.4 Å². The van der Waals surface area contributed by atoms with E-state index in [1.54, 1.807) is 18.2 Å². The smallest absolute Gasteiger partial charge is 0.377 e. The third kappa shape index (κ3) is 2.56. The van der Waals surface area contributed by atoms with Gasteiger partial charge in [0.05, 0.1) is 13.0 Å². The minimum Gasteiger partial charge on any atom is -0.456 e. The first kappa shape index (κ1) is 13.1. The van der Waals surface area contributed by atoms with E-state index in [0.717, 1.165) is 11.3 Å². The van der Waals surface area contributed by atoms with Crippen molar-refractivity contribution < 1.29 is 18.3 Å². The maximum Gasteiger partial charge on any atom is 0.377 e. The summed E-state index contributed by atoms with van der Waals surface area (Å²) in [5.41, 5.74) is 1.57. The molecule has 0 aliphatic carbocycles. The topological polar surface area (TPSA) is 38.3 Å². The van der Waals surface area contributed by atoms with E-state index in [4.69, 9.17) is 11.6 Å². The minimum atomic E-state index is -3.37. The maximum atomic E-state index is 12.9. The van der Waals surface area contributed by atoms with E-state index >= 15 is 0 Å². The number of halogens is 3. The first-order chi connectivity index (χ1) is 8.40. The number of esters is 1.